The van der Waals surface area contributed by atoms with Crippen LogP contribution in [0.4, 0.5) is 5.69 Å². The number of carbonyl (C=O) groups is 1. The van der Waals surface area contributed by atoms with Crippen molar-refractivity contribution in [1.29, 1.82) is 0 Å². The Bertz CT molecular complexity index is 518. The van der Waals surface area contributed by atoms with Gasteiger partial charge in [0.1, 0.15) is 0 Å². The molecule has 0 aliphatic carbocycles. The second kappa shape index (κ2) is 6.60. The molecule has 0 atom stereocenters. The van der Waals surface area contributed by atoms with Gasteiger partial charge in [-0.2, -0.15) is 0 Å². The van der Waals surface area contributed by atoms with Gasteiger partial charge in [0.05, 0.1) is 0 Å². The molecule has 2 nitrogen and oxygen atoms in total. The standard InChI is InChI=1S/C14H13NO.C2H6/c1-10-7-8-12(13(15)9-10)14(16)11-5-3-2-4-6-11;1-2/h2-9H,15H2,1H3;1-2H3. The van der Waals surface area contributed by atoms with Gasteiger partial charge in [-0.3, -0.25) is 4.79 Å². The van der Waals surface area contributed by atoms with Crippen LogP contribution in [0.25, 0.3) is 0 Å². The molecule has 0 saturated carbocycles. The van der Waals surface area contributed by atoms with Crippen LogP contribution in [0.1, 0.15) is 35.3 Å². The summed E-state index contributed by atoms with van der Waals surface area (Å²) in [6, 6.07) is 14.6. The van der Waals surface area contributed by atoms with Gasteiger partial charge in [-0.25, -0.2) is 0 Å². The van der Waals surface area contributed by atoms with Crippen LogP contribution in [0.3, 0.4) is 0 Å². The van der Waals surface area contributed by atoms with Gasteiger partial charge in [0.15, 0.2) is 5.78 Å². The zero-order valence-corrected chi connectivity index (χ0v) is 11.1. The van der Waals surface area contributed by atoms with Crippen LogP contribution in [-0.2, 0) is 0 Å². The van der Waals surface area contributed by atoms with Crippen LogP contribution in [0.2, 0.25) is 0 Å². The molecule has 2 heteroatoms. The second-order valence-corrected chi connectivity index (χ2v) is 3.79. The molecule has 0 heterocycles. The van der Waals surface area contributed by atoms with E-state index in [0.29, 0.717) is 16.8 Å². The third-order valence-electron chi connectivity index (χ3n) is 2.49. The molecule has 0 spiro atoms. The summed E-state index contributed by atoms with van der Waals surface area (Å²) in [5, 5.41) is 0. The number of carbonyl (C=O) groups excluding carboxylic acids is 1. The molecule has 0 amide bonds. The first-order valence-corrected chi connectivity index (χ1v) is 6.14. The van der Waals surface area contributed by atoms with E-state index in [4.69, 9.17) is 5.73 Å². The average Bonchev–Trinajstić information content (AvgIpc) is 2.41. The third-order valence-corrected chi connectivity index (χ3v) is 2.49. The van der Waals surface area contributed by atoms with Crippen LogP contribution in [0, 0.1) is 6.92 Å². The second-order valence-electron chi connectivity index (χ2n) is 3.79. The number of nitrogen functional groups attached to an aromatic ring is 1. The molecule has 2 rings (SSSR count). The number of ketones is 1. The summed E-state index contributed by atoms with van der Waals surface area (Å²) < 4.78 is 0. The minimum absolute atomic E-state index is 0.0295. The zero-order valence-electron chi connectivity index (χ0n) is 11.1. The highest BCUT2D eigenvalue weighted by atomic mass is 16.1. The highest BCUT2D eigenvalue weighted by molar-refractivity contribution is 6.12. The van der Waals surface area contributed by atoms with Crippen molar-refractivity contribution in [3.05, 3.63) is 65.2 Å². The van der Waals surface area contributed by atoms with Gasteiger partial charge in [-0.15, -0.1) is 0 Å². The monoisotopic (exact) mass is 241 g/mol. The van der Waals surface area contributed by atoms with Gasteiger partial charge < -0.3 is 5.73 Å². The maximum absolute atomic E-state index is 12.1. The first-order valence-electron chi connectivity index (χ1n) is 6.14. The lowest BCUT2D eigenvalue weighted by Gasteiger charge is -2.05. The Morgan fingerprint density at radius 1 is 1.00 bits per heavy atom. The highest BCUT2D eigenvalue weighted by Gasteiger charge is 2.11. The maximum Gasteiger partial charge on any atom is 0.195 e. The molecule has 2 aromatic rings. The largest absolute Gasteiger partial charge is 0.398 e. The van der Waals surface area contributed by atoms with E-state index in [0.717, 1.165) is 5.56 Å². The minimum Gasteiger partial charge on any atom is -0.398 e. The predicted octanol–water partition coefficient (Wildman–Crippen LogP) is 3.83. The van der Waals surface area contributed by atoms with Crippen LogP contribution in [-0.4, -0.2) is 5.78 Å². The van der Waals surface area contributed by atoms with E-state index in [2.05, 4.69) is 0 Å². The Hall–Kier alpha value is -2.09. The molecule has 0 bridgehead atoms. The molecule has 18 heavy (non-hydrogen) atoms. The maximum atomic E-state index is 12.1. The summed E-state index contributed by atoms with van der Waals surface area (Å²) in [6.45, 7) is 5.95. The lowest BCUT2D eigenvalue weighted by atomic mass is 10.0. The molecule has 0 radical (unpaired) electrons. The fourth-order valence-corrected chi connectivity index (χ4v) is 1.63. The Morgan fingerprint density at radius 2 is 1.61 bits per heavy atom. The Balaban J connectivity index is 0.000000771. The van der Waals surface area contributed by atoms with Crippen molar-refractivity contribution in [3.8, 4) is 0 Å². The molecule has 0 aliphatic rings. The number of nitrogens with two attached hydrogens (primary N) is 1. The molecular formula is C16H19NO. The van der Waals surface area contributed by atoms with Gasteiger partial charge in [-0.1, -0.05) is 50.2 Å². The fraction of sp³-hybridized carbons (Fsp3) is 0.188. The lowest BCUT2D eigenvalue weighted by Crippen LogP contribution is -2.05. The molecule has 94 valence electrons. The van der Waals surface area contributed by atoms with Crippen molar-refractivity contribution in [1.82, 2.24) is 0 Å². The molecule has 2 N–H and O–H groups in total. The number of aryl methyl sites for hydroxylation is 1. The first-order chi connectivity index (χ1) is 8.68. The lowest BCUT2D eigenvalue weighted by molar-refractivity contribution is 0.103. The number of anilines is 1. The Morgan fingerprint density at radius 3 is 2.17 bits per heavy atom. The van der Waals surface area contributed by atoms with Crippen LogP contribution in [0.15, 0.2) is 48.5 Å². The van der Waals surface area contributed by atoms with Gasteiger partial charge in [0.25, 0.3) is 0 Å². The van der Waals surface area contributed by atoms with E-state index >= 15 is 0 Å². The number of hydrogen-bond donors (Lipinski definition) is 1. The Labute approximate surface area is 108 Å². The van der Waals surface area contributed by atoms with Crippen molar-refractivity contribution >= 4 is 11.5 Å². The van der Waals surface area contributed by atoms with Crippen LogP contribution in [0.5, 0.6) is 0 Å². The minimum atomic E-state index is -0.0295. The van der Waals surface area contributed by atoms with Crippen molar-refractivity contribution in [2.24, 2.45) is 0 Å². The molecule has 0 fully saturated rings. The topological polar surface area (TPSA) is 43.1 Å². The molecule has 0 aliphatic heterocycles. The first kappa shape index (κ1) is 14.0. The van der Waals surface area contributed by atoms with Gasteiger partial charge >= 0.3 is 0 Å². The van der Waals surface area contributed by atoms with Crippen molar-refractivity contribution < 1.29 is 4.79 Å². The van der Waals surface area contributed by atoms with Crippen LogP contribution < -0.4 is 5.73 Å². The third kappa shape index (κ3) is 3.20. The van der Waals surface area contributed by atoms with Crippen molar-refractivity contribution in [3.63, 3.8) is 0 Å². The van der Waals surface area contributed by atoms with Crippen molar-refractivity contribution in [2.45, 2.75) is 20.8 Å². The van der Waals surface area contributed by atoms with E-state index in [-0.39, 0.29) is 5.78 Å². The van der Waals surface area contributed by atoms with E-state index in [1.165, 1.54) is 0 Å². The zero-order chi connectivity index (χ0) is 13.5. The summed E-state index contributed by atoms with van der Waals surface area (Å²) in [6.07, 6.45) is 0. The fourth-order valence-electron chi connectivity index (χ4n) is 1.63. The van der Waals surface area contributed by atoms with Gasteiger partial charge in [-0.05, 0) is 24.6 Å². The predicted molar refractivity (Wildman–Crippen MR) is 76.8 cm³/mol. The summed E-state index contributed by atoms with van der Waals surface area (Å²) in [5.41, 5.74) is 8.66. The van der Waals surface area contributed by atoms with E-state index in [1.54, 1.807) is 18.2 Å². The summed E-state index contributed by atoms with van der Waals surface area (Å²) in [5.74, 6) is -0.0295. The summed E-state index contributed by atoms with van der Waals surface area (Å²) in [7, 11) is 0. The quantitative estimate of drug-likeness (QED) is 0.641. The normalized spacial score (nSPS) is 9.28. The van der Waals surface area contributed by atoms with Gasteiger partial charge in [0, 0.05) is 16.8 Å². The number of hydrogen-bond acceptors (Lipinski definition) is 2. The number of benzene rings is 2. The average molecular weight is 241 g/mol. The highest BCUT2D eigenvalue weighted by Crippen LogP contribution is 2.17. The SMILES string of the molecule is CC.Cc1ccc(C(=O)c2ccccc2)c(N)c1. The van der Waals surface area contributed by atoms with E-state index in [1.807, 2.05) is 51.1 Å². The van der Waals surface area contributed by atoms with E-state index in [9.17, 15) is 4.79 Å². The van der Waals surface area contributed by atoms with Gasteiger partial charge in [0.2, 0.25) is 0 Å². The molecular weight excluding hydrogens is 222 g/mol. The number of rotatable bonds is 2. The summed E-state index contributed by atoms with van der Waals surface area (Å²) in [4.78, 5) is 12.1. The molecule has 2 aromatic carbocycles. The molecule has 0 unspecified atom stereocenters. The van der Waals surface area contributed by atoms with Crippen molar-refractivity contribution in [2.75, 3.05) is 5.73 Å². The molecule has 0 aromatic heterocycles. The van der Waals surface area contributed by atoms with Crippen LogP contribution >= 0.6 is 0 Å². The smallest absolute Gasteiger partial charge is 0.195 e. The Kier molecular flexibility index (Phi) is 5.12. The summed E-state index contributed by atoms with van der Waals surface area (Å²) >= 11 is 0. The molecule has 0 saturated heterocycles. The van der Waals surface area contributed by atoms with E-state index < -0.39 is 0 Å².